The molecule has 45 heavy (non-hydrogen) atoms. The van der Waals surface area contributed by atoms with Crippen molar-refractivity contribution in [3.05, 3.63) is 126 Å². The van der Waals surface area contributed by atoms with Gasteiger partial charge < -0.3 is 9.80 Å². The quantitative estimate of drug-likeness (QED) is 0.186. The number of fused-ring (bicyclic) bond motifs is 4. The summed E-state index contributed by atoms with van der Waals surface area (Å²) >= 11 is 0. The molecule has 0 saturated carbocycles. The summed E-state index contributed by atoms with van der Waals surface area (Å²) in [5.41, 5.74) is 15.6. The molecule has 0 aromatic heterocycles. The van der Waals surface area contributed by atoms with E-state index >= 15 is 0 Å². The fourth-order valence-corrected chi connectivity index (χ4v) is 7.07. The van der Waals surface area contributed by atoms with E-state index in [1.54, 1.807) is 0 Å². The molecule has 0 unspecified atom stereocenters. The van der Waals surface area contributed by atoms with Crippen LogP contribution in [0, 0.1) is 0 Å². The van der Waals surface area contributed by atoms with Crippen molar-refractivity contribution in [1.29, 1.82) is 0 Å². The Kier molecular flexibility index (Phi) is 6.64. The van der Waals surface area contributed by atoms with Crippen molar-refractivity contribution in [1.82, 2.24) is 0 Å². The van der Waals surface area contributed by atoms with Crippen LogP contribution in [0.1, 0.15) is 79.0 Å². The molecule has 0 amide bonds. The minimum Gasteiger partial charge on any atom is -0.311 e. The van der Waals surface area contributed by atoms with Gasteiger partial charge in [-0.2, -0.15) is 0 Å². The highest BCUT2D eigenvalue weighted by atomic mass is 15.2. The minimum atomic E-state index is -0.0349. The first-order valence-corrected chi connectivity index (χ1v) is 16.4. The molecule has 5 aromatic carbocycles. The summed E-state index contributed by atoms with van der Waals surface area (Å²) in [6.45, 7) is 21.1. The summed E-state index contributed by atoms with van der Waals surface area (Å²) in [5.74, 6) is 0. The lowest BCUT2D eigenvalue weighted by Gasteiger charge is -2.45. The minimum absolute atomic E-state index is 0.0174. The highest BCUT2D eigenvalue weighted by Crippen LogP contribution is 2.47. The van der Waals surface area contributed by atoms with Gasteiger partial charge in [0.25, 0.3) is 6.71 Å². The zero-order valence-electron chi connectivity index (χ0n) is 28.4. The summed E-state index contributed by atoms with van der Waals surface area (Å²) in [4.78, 5) is 5.07. The molecule has 5 aromatic rings. The number of hydrogen-bond acceptors (Lipinski definition) is 2. The van der Waals surface area contributed by atoms with Crippen LogP contribution in [-0.4, -0.2) is 6.71 Å². The second-order valence-corrected chi connectivity index (χ2v) is 16.0. The number of nitrogens with zero attached hydrogens (tertiary/aromatic N) is 2. The molecular weight excluding hydrogens is 543 g/mol. The van der Waals surface area contributed by atoms with E-state index in [1.807, 2.05) is 0 Å². The zero-order valence-corrected chi connectivity index (χ0v) is 28.4. The van der Waals surface area contributed by atoms with E-state index in [4.69, 9.17) is 0 Å². The first kappa shape index (κ1) is 29.5. The zero-order chi connectivity index (χ0) is 31.9. The largest absolute Gasteiger partial charge is 0.311 e. The van der Waals surface area contributed by atoms with Gasteiger partial charge in [-0.05, 0) is 97.9 Å². The van der Waals surface area contributed by atoms with Crippen molar-refractivity contribution in [3.63, 3.8) is 0 Å². The monoisotopic (exact) mass is 588 g/mol. The van der Waals surface area contributed by atoms with Crippen LogP contribution in [0.15, 0.2) is 109 Å². The van der Waals surface area contributed by atoms with Gasteiger partial charge in [-0.1, -0.05) is 123 Å². The Morgan fingerprint density at radius 2 is 0.800 bits per heavy atom. The van der Waals surface area contributed by atoms with Crippen LogP contribution >= 0.6 is 0 Å². The normalized spacial score (nSPS) is 14.2. The average molecular weight is 589 g/mol. The van der Waals surface area contributed by atoms with Crippen LogP contribution in [0.3, 0.4) is 0 Å². The third-order valence-electron chi connectivity index (χ3n) is 9.67. The van der Waals surface area contributed by atoms with Crippen molar-refractivity contribution in [3.8, 4) is 0 Å². The molecule has 226 valence electrons. The molecule has 0 atom stereocenters. The predicted molar refractivity (Wildman–Crippen MR) is 197 cm³/mol. The molecule has 0 bridgehead atoms. The van der Waals surface area contributed by atoms with Crippen molar-refractivity contribution in [2.24, 2.45) is 0 Å². The second kappa shape index (κ2) is 10.1. The van der Waals surface area contributed by atoms with Gasteiger partial charge >= 0.3 is 0 Å². The fourth-order valence-electron chi connectivity index (χ4n) is 7.07. The molecule has 2 nitrogen and oxygen atoms in total. The van der Waals surface area contributed by atoms with E-state index in [2.05, 4.69) is 181 Å². The van der Waals surface area contributed by atoms with Crippen molar-refractivity contribution in [2.75, 3.05) is 9.80 Å². The van der Waals surface area contributed by atoms with Gasteiger partial charge in [0, 0.05) is 34.1 Å². The molecule has 2 heterocycles. The standard InChI is InChI=1S/C42H45BN2/c1-40(2,3)28-23-29(41(4,5)6)25-32(24-28)45-36-22-16-14-20-34(36)43-33-19-13-15-21-35(33)44(31-17-11-10-12-18-31)37-26-30(42(7,8)9)27-38(45)39(37)43/h10-27H,1-9H3. The van der Waals surface area contributed by atoms with E-state index in [0.29, 0.717) is 0 Å². The Morgan fingerprint density at radius 1 is 0.400 bits per heavy atom. The fraction of sp³-hybridized carbons (Fsp3) is 0.286. The van der Waals surface area contributed by atoms with E-state index < -0.39 is 0 Å². The summed E-state index contributed by atoms with van der Waals surface area (Å²) in [6, 6.07) is 41.3. The average Bonchev–Trinajstić information content (AvgIpc) is 2.99. The predicted octanol–water partition coefficient (Wildman–Crippen LogP) is 9.66. The Labute approximate surface area is 270 Å². The SMILES string of the molecule is CC(C)(C)c1cc(N2c3ccccc3B3c4ccccc4N(c4ccccc4)c4cc(C(C)(C)C)cc2c43)cc(C(C)(C)C)c1. The van der Waals surface area contributed by atoms with Crippen LogP contribution < -0.4 is 26.2 Å². The smallest absolute Gasteiger partial charge is 0.252 e. The summed E-state index contributed by atoms with van der Waals surface area (Å²) in [7, 11) is 0. The molecule has 0 saturated heterocycles. The maximum atomic E-state index is 2.57. The van der Waals surface area contributed by atoms with Gasteiger partial charge in [0.15, 0.2) is 0 Å². The summed E-state index contributed by atoms with van der Waals surface area (Å²) < 4.78 is 0. The highest BCUT2D eigenvalue weighted by molar-refractivity contribution is 7.00. The van der Waals surface area contributed by atoms with Gasteiger partial charge in [0.1, 0.15) is 0 Å². The lowest BCUT2D eigenvalue weighted by molar-refractivity contribution is 0.569. The Bertz CT molecular complexity index is 1890. The van der Waals surface area contributed by atoms with Crippen LogP contribution in [0.5, 0.6) is 0 Å². The van der Waals surface area contributed by atoms with Crippen molar-refractivity contribution < 1.29 is 0 Å². The van der Waals surface area contributed by atoms with Gasteiger partial charge in [-0.25, -0.2) is 0 Å². The first-order chi connectivity index (χ1) is 21.2. The Hall–Kier alpha value is -4.24. The third-order valence-corrected chi connectivity index (χ3v) is 9.67. The molecule has 2 aliphatic heterocycles. The van der Waals surface area contributed by atoms with Crippen molar-refractivity contribution >= 4 is 57.2 Å². The van der Waals surface area contributed by atoms with Crippen LogP contribution in [0.4, 0.5) is 34.1 Å². The lowest BCUT2D eigenvalue weighted by atomic mass is 9.33. The third kappa shape index (κ3) is 4.88. The molecule has 0 radical (unpaired) electrons. The van der Waals surface area contributed by atoms with Crippen LogP contribution in [0.2, 0.25) is 0 Å². The van der Waals surface area contributed by atoms with Gasteiger partial charge in [-0.3, -0.25) is 0 Å². The number of benzene rings is 5. The number of anilines is 6. The first-order valence-electron chi connectivity index (χ1n) is 16.4. The summed E-state index contributed by atoms with van der Waals surface area (Å²) in [5, 5.41) is 0. The molecule has 0 fully saturated rings. The number of hydrogen-bond donors (Lipinski definition) is 0. The Balaban J connectivity index is 1.62. The van der Waals surface area contributed by atoms with E-state index in [0.717, 1.165) is 0 Å². The van der Waals surface area contributed by atoms with E-state index in [-0.39, 0.29) is 23.0 Å². The lowest BCUT2D eigenvalue weighted by Crippen LogP contribution is -2.61. The Morgan fingerprint density at radius 3 is 1.27 bits per heavy atom. The summed E-state index contributed by atoms with van der Waals surface area (Å²) in [6.07, 6.45) is 0. The molecule has 7 rings (SSSR count). The highest BCUT2D eigenvalue weighted by Gasteiger charge is 2.44. The van der Waals surface area contributed by atoms with E-state index in [1.165, 1.54) is 67.2 Å². The van der Waals surface area contributed by atoms with Crippen LogP contribution in [-0.2, 0) is 16.2 Å². The van der Waals surface area contributed by atoms with Gasteiger partial charge in [0.05, 0.1) is 0 Å². The molecule has 0 spiro atoms. The second-order valence-electron chi connectivity index (χ2n) is 16.0. The molecule has 0 N–H and O–H groups in total. The van der Waals surface area contributed by atoms with Crippen molar-refractivity contribution in [2.45, 2.75) is 78.6 Å². The maximum absolute atomic E-state index is 2.57. The molecule has 2 aliphatic rings. The van der Waals surface area contributed by atoms with E-state index in [9.17, 15) is 0 Å². The molecule has 0 aliphatic carbocycles. The number of para-hydroxylation sites is 3. The van der Waals surface area contributed by atoms with Crippen LogP contribution in [0.25, 0.3) is 0 Å². The number of rotatable bonds is 2. The maximum Gasteiger partial charge on any atom is 0.252 e. The molecule has 3 heteroatoms. The van der Waals surface area contributed by atoms with Gasteiger partial charge in [0.2, 0.25) is 0 Å². The van der Waals surface area contributed by atoms with Gasteiger partial charge in [-0.15, -0.1) is 0 Å². The molecular formula is C42H45BN2. The topological polar surface area (TPSA) is 6.48 Å².